The minimum atomic E-state index is 0.131. The fraction of sp³-hybridized carbons (Fsp3) is 0.143. The van der Waals surface area contributed by atoms with Crippen molar-refractivity contribution in [3.63, 3.8) is 0 Å². The lowest BCUT2D eigenvalue weighted by Gasteiger charge is -1.98. The van der Waals surface area contributed by atoms with Crippen LogP contribution in [-0.2, 0) is 0 Å². The van der Waals surface area contributed by atoms with Gasteiger partial charge < -0.3 is 9.52 Å². The van der Waals surface area contributed by atoms with Crippen molar-refractivity contribution in [1.82, 2.24) is 0 Å². The maximum Gasteiger partial charge on any atom is 0.151 e. The minimum absolute atomic E-state index is 0.131. The van der Waals surface area contributed by atoms with Gasteiger partial charge in [-0.05, 0) is 24.3 Å². The van der Waals surface area contributed by atoms with Gasteiger partial charge in [0.1, 0.15) is 16.5 Å². The Balaban J connectivity index is 1.67. The molecule has 0 fully saturated rings. The number of thioether (sulfide) groups is 1. The lowest BCUT2D eigenvalue weighted by molar-refractivity contribution is 0.420. The summed E-state index contributed by atoms with van der Waals surface area (Å²) in [6.45, 7) is 3.45. The van der Waals surface area contributed by atoms with Crippen LogP contribution in [0.5, 0.6) is 0 Å². The van der Waals surface area contributed by atoms with Crippen LogP contribution in [0.1, 0.15) is 12.2 Å². The van der Waals surface area contributed by atoms with Crippen molar-refractivity contribution in [1.29, 1.82) is 0 Å². The summed E-state index contributed by atoms with van der Waals surface area (Å²) in [5, 5.41) is 18.2. The summed E-state index contributed by atoms with van der Waals surface area (Å²) in [4.78, 5) is 0.983. The maximum absolute atomic E-state index is 9.09. The summed E-state index contributed by atoms with van der Waals surface area (Å²) in [6.07, 6.45) is 0.607. The van der Waals surface area contributed by atoms with Crippen molar-refractivity contribution in [2.75, 3.05) is 5.75 Å². The van der Waals surface area contributed by atoms with E-state index in [-0.39, 0.29) is 5.76 Å². The van der Waals surface area contributed by atoms with Crippen LogP contribution in [0, 0.1) is 0 Å². The Kier molecular flexibility index (Phi) is 4.19. The van der Waals surface area contributed by atoms with Gasteiger partial charge in [0.25, 0.3) is 0 Å². The highest BCUT2D eigenvalue weighted by atomic mass is 35.5. The molecule has 3 rings (SSSR count). The summed E-state index contributed by atoms with van der Waals surface area (Å²) in [7, 11) is 0. The second kappa shape index (κ2) is 6.09. The average molecular weight is 339 g/mol. The van der Waals surface area contributed by atoms with Crippen molar-refractivity contribution >= 4 is 45.5 Å². The maximum atomic E-state index is 9.09. The van der Waals surface area contributed by atoms with E-state index in [9.17, 15) is 0 Å². The molecule has 0 aliphatic carbocycles. The lowest BCUT2D eigenvalue weighted by Crippen LogP contribution is -2.01. The molecule has 0 radical (unpaired) electrons. The number of hydrogen-bond acceptors (Lipinski definition) is 6. The lowest BCUT2D eigenvalue weighted by atomic mass is 10.2. The van der Waals surface area contributed by atoms with E-state index < -0.39 is 0 Å². The van der Waals surface area contributed by atoms with Crippen LogP contribution in [-0.4, -0.2) is 21.6 Å². The van der Waals surface area contributed by atoms with Crippen molar-refractivity contribution < 1.29 is 9.52 Å². The zero-order valence-corrected chi connectivity index (χ0v) is 13.3. The van der Waals surface area contributed by atoms with Gasteiger partial charge in [-0.3, -0.25) is 0 Å². The Morgan fingerprint density at radius 2 is 2.14 bits per heavy atom. The van der Waals surface area contributed by atoms with Crippen LogP contribution in [0.25, 0.3) is 10.6 Å². The summed E-state index contributed by atoms with van der Waals surface area (Å²) in [5.41, 5.74) is 0.787. The quantitative estimate of drug-likeness (QED) is 0.800. The molecule has 3 heterocycles. The Bertz CT molecular complexity index is 746. The number of thiophene rings is 1. The first-order valence-corrected chi connectivity index (χ1v) is 8.28. The number of aliphatic hydroxyl groups is 1. The van der Waals surface area contributed by atoms with Gasteiger partial charge in [-0.1, -0.05) is 18.2 Å². The van der Waals surface area contributed by atoms with E-state index in [1.165, 1.54) is 23.1 Å². The van der Waals surface area contributed by atoms with Gasteiger partial charge in [0.05, 0.1) is 20.7 Å². The van der Waals surface area contributed by atoms with E-state index in [1.54, 1.807) is 0 Å². The van der Waals surface area contributed by atoms with Crippen LogP contribution in [0.3, 0.4) is 0 Å². The van der Waals surface area contributed by atoms with Crippen LogP contribution in [0.2, 0.25) is 4.34 Å². The van der Waals surface area contributed by atoms with Crippen LogP contribution < -0.4 is 0 Å². The molecule has 21 heavy (non-hydrogen) atoms. The zero-order chi connectivity index (χ0) is 14.8. The first kappa shape index (κ1) is 14.4. The van der Waals surface area contributed by atoms with Gasteiger partial charge in [0.2, 0.25) is 0 Å². The first-order valence-electron chi connectivity index (χ1n) is 6.10. The van der Waals surface area contributed by atoms with E-state index in [4.69, 9.17) is 21.1 Å². The van der Waals surface area contributed by atoms with Crippen LogP contribution >= 0.6 is 34.7 Å². The van der Waals surface area contributed by atoms with Crippen LogP contribution in [0.15, 0.2) is 51.2 Å². The van der Waals surface area contributed by atoms with E-state index in [2.05, 4.69) is 16.8 Å². The Hall–Kier alpha value is -1.50. The number of hydrogen-bond donors (Lipinski definition) is 1. The summed E-state index contributed by atoms with van der Waals surface area (Å²) in [5.74, 6) is 2.04. The molecule has 0 saturated carbocycles. The van der Waals surface area contributed by atoms with Gasteiger partial charge in [-0.25, -0.2) is 0 Å². The highest BCUT2D eigenvalue weighted by Crippen LogP contribution is 2.33. The predicted octanol–water partition coefficient (Wildman–Crippen LogP) is 4.97. The molecule has 2 aromatic rings. The summed E-state index contributed by atoms with van der Waals surface area (Å²) in [6, 6.07) is 7.56. The molecule has 4 nitrogen and oxygen atoms in total. The third-order valence-corrected chi connectivity index (χ3v) is 5.00. The molecule has 108 valence electrons. The fourth-order valence-corrected chi connectivity index (χ4v) is 3.46. The smallest absolute Gasteiger partial charge is 0.151 e. The second-order valence-electron chi connectivity index (χ2n) is 4.34. The first-order chi connectivity index (χ1) is 10.1. The molecule has 0 unspecified atom stereocenters. The van der Waals surface area contributed by atoms with E-state index in [0.29, 0.717) is 17.9 Å². The molecule has 0 bridgehead atoms. The summed E-state index contributed by atoms with van der Waals surface area (Å²) >= 11 is 8.82. The second-order valence-corrected chi connectivity index (χ2v) is 7.10. The molecule has 1 N–H and O–H groups in total. The number of rotatable bonds is 4. The van der Waals surface area contributed by atoms with Crippen molar-refractivity contribution in [2.24, 2.45) is 10.2 Å². The average Bonchev–Trinajstić information content (AvgIpc) is 3.15. The van der Waals surface area contributed by atoms with Gasteiger partial charge in [0.15, 0.2) is 5.76 Å². The molecule has 7 heteroatoms. The van der Waals surface area contributed by atoms with Gasteiger partial charge in [-0.2, -0.15) is 5.10 Å². The van der Waals surface area contributed by atoms with Gasteiger partial charge in [-0.15, -0.1) is 28.2 Å². The monoisotopic (exact) mass is 338 g/mol. The largest absolute Gasteiger partial charge is 0.512 e. The van der Waals surface area contributed by atoms with E-state index in [0.717, 1.165) is 25.7 Å². The Morgan fingerprint density at radius 3 is 2.86 bits per heavy atom. The molecular formula is C14H11ClN2O2S2. The highest BCUT2D eigenvalue weighted by Gasteiger charge is 2.19. The van der Waals surface area contributed by atoms with Gasteiger partial charge >= 0.3 is 0 Å². The minimum Gasteiger partial charge on any atom is -0.512 e. The predicted molar refractivity (Wildman–Crippen MR) is 89.8 cm³/mol. The third kappa shape index (κ3) is 3.40. The number of nitrogens with zero attached hydrogens (tertiary/aromatic N) is 2. The Morgan fingerprint density at radius 1 is 1.33 bits per heavy atom. The van der Waals surface area contributed by atoms with E-state index in [1.807, 2.05) is 24.3 Å². The van der Waals surface area contributed by atoms with E-state index >= 15 is 0 Å². The molecule has 0 atom stereocenters. The van der Waals surface area contributed by atoms with Crippen molar-refractivity contribution in [2.45, 2.75) is 6.42 Å². The molecule has 1 aliphatic heterocycles. The molecule has 0 spiro atoms. The highest BCUT2D eigenvalue weighted by molar-refractivity contribution is 8.14. The molecular weight excluding hydrogens is 328 g/mol. The molecule has 1 aliphatic rings. The number of furan rings is 1. The van der Waals surface area contributed by atoms with Crippen LogP contribution in [0.4, 0.5) is 0 Å². The molecule has 0 amide bonds. The molecule has 0 aromatic carbocycles. The molecule has 2 aromatic heterocycles. The third-order valence-electron chi connectivity index (χ3n) is 2.71. The van der Waals surface area contributed by atoms with Crippen molar-refractivity contribution in [3.8, 4) is 10.6 Å². The topological polar surface area (TPSA) is 58.1 Å². The number of aliphatic hydroxyl groups excluding tert-OH is 1. The normalized spacial score (nSPS) is 14.1. The molecule has 0 saturated heterocycles. The zero-order valence-electron chi connectivity index (χ0n) is 10.9. The number of halogens is 1. The van der Waals surface area contributed by atoms with Gasteiger partial charge in [0, 0.05) is 6.42 Å². The SMILES string of the molecule is C=C(O)CSC1=NN=C(c2ccc(-c3ccc(Cl)s3)o2)C1. The fourth-order valence-electron chi connectivity index (χ4n) is 1.79. The van der Waals surface area contributed by atoms with Crippen molar-refractivity contribution in [3.05, 3.63) is 46.7 Å². The summed E-state index contributed by atoms with van der Waals surface area (Å²) < 4.78 is 6.54. The Labute approximate surface area is 134 Å². The standard InChI is InChI=1S/C14H11ClN2O2S2/c1-8(18)7-20-14-6-9(16-17-14)10-2-3-11(19-10)12-4-5-13(15)21-12/h2-5,18H,1,6-7H2.